The van der Waals surface area contributed by atoms with Gasteiger partial charge in [-0.05, 0) is 6.42 Å². The highest BCUT2D eigenvalue weighted by Gasteiger charge is 2.19. The highest BCUT2D eigenvalue weighted by atomic mass is 32.2. The summed E-state index contributed by atoms with van der Waals surface area (Å²) in [5, 5.41) is 2.51. The fourth-order valence-electron chi connectivity index (χ4n) is 4.30. The number of amides is 2. The molecule has 1 rings (SSSR count). The number of ether oxygens (including phenoxy) is 3. The molecular formula is C28H50N2O6S. The van der Waals surface area contributed by atoms with Gasteiger partial charge in [-0.25, -0.2) is 17.9 Å². The van der Waals surface area contributed by atoms with E-state index in [0.29, 0.717) is 23.7 Å². The number of carbonyl (C=O) groups is 1. The monoisotopic (exact) mass is 542 g/mol. The number of methoxy groups -OCH3 is 3. The van der Waals surface area contributed by atoms with Crippen molar-refractivity contribution in [3.05, 3.63) is 12.1 Å². The lowest BCUT2D eigenvalue weighted by Gasteiger charge is -2.16. The molecule has 0 spiro atoms. The van der Waals surface area contributed by atoms with Crippen LogP contribution in [-0.4, -0.2) is 41.5 Å². The molecule has 1 aromatic rings. The van der Waals surface area contributed by atoms with Gasteiger partial charge in [0, 0.05) is 12.1 Å². The van der Waals surface area contributed by atoms with Gasteiger partial charge >= 0.3 is 6.03 Å². The van der Waals surface area contributed by atoms with Gasteiger partial charge in [-0.15, -0.1) is 0 Å². The predicted octanol–water partition coefficient (Wildman–Crippen LogP) is 7.43. The van der Waals surface area contributed by atoms with Crippen molar-refractivity contribution in [1.29, 1.82) is 0 Å². The van der Waals surface area contributed by atoms with Gasteiger partial charge in [0.15, 0.2) is 0 Å². The van der Waals surface area contributed by atoms with Crippen molar-refractivity contribution in [3.63, 3.8) is 0 Å². The Balaban J connectivity index is 2.17. The van der Waals surface area contributed by atoms with E-state index in [9.17, 15) is 13.2 Å². The molecule has 0 aliphatic carbocycles. The first-order chi connectivity index (χ1) is 17.9. The molecule has 0 bridgehead atoms. The van der Waals surface area contributed by atoms with Crippen molar-refractivity contribution in [2.75, 3.05) is 32.4 Å². The summed E-state index contributed by atoms with van der Waals surface area (Å²) in [4.78, 5) is 12.3. The molecule has 0 aromatic heterocycles. The lowest BCUT2D eigenvalue weighted by atomic mass is 10.0. The van der Waals surface area contributed by atoms with Crippen molar-refractivity contribution in [2.45, 2.75) is 110 Å². The summed E-state index contributed by atoms with van der Waals surface area (Å²) < 4.78 is 42.5. The second kappa shape index (κ2) is 19.9. The standard InChI is InChI=1S/C28H50N2O6S/c1-5-6-7-8-9-10-11-12-13-14-15-16-17-18-19-20-21-37(32,33)30-28(31)29-27-25(35-3)22-24(34-2)23-26(27)36-4/h22-23H,5-21H2,1-4H3,(H2,29,30,31). The van der Waals surface area contributed by atoms with Crippen LogP contribution in [-0.2, 0) is 10.0 Å². The van der Waals surface area contributed by atoms with Crippen LogP contribution in [0.3, 0.4) is 0 Å². The second-order valence-electron chi connectivity index (χ2n) is 9.59. The average Bonchev–Trinajstić information content (AvgIpc) is 2.88. The minimum Gasteiger partial charge on any atom is -0.496 e. The molecule has 1 aromatic carbocycles. The van der Waals surface area contributed by atoms with E-state index in [1.807, 2.05) is 0 Å². The Hall–Kier alpha value is -2.16. The lowest BCUT2D eigenvalue weighted by molar-refractivity contribution is 0.256. The van der Waals surface area contributed by atoms with Crippen molar-refractivity contribution in [3.8, 4) is 17.2 Å². The van der Waals surface area contributed by atoms with Gasteiger partial charge in [-0.1, -0.05) is 103 Å². The Morgan fingerprint density at radius 3 is 1.46 bits per heavy atom. The zero-order valence-corrected chi connectivity index (χ0v) is 24.3. The molecule has 0 aliphatic heterocycles. The average molecular weight is 543 g/mol. The number of hydrogen-bond acceptors (Lipinski definition) is 6. The van der Waals surface area contributed by atoms with Gasteiger partial charge in [0.05, 0.1) is 27.1 Å². The molecule has 0 saturated heterocycles. The Labute approximate surface area is 225 Å². The number of hydrogen-bond donors (Lipinski definition) is 2. The molecule has 37 heavy (non-hydrogen) atoms. The van der Waals surface area contributed by atoms with Gasteiger partial charge in [0.1, 0.15) is 22.9 Å². The van der Waals surface area contributed by atoms with Crippen molar-refractivity contribution in [2.24, 2.45) is 0 Å². The Morgan fingerprint density at radius 1 is 0.676 bits per heavy atom. The molecule has 0 atom stereocenters. The molecule has 2 amide bonds. The van der Waals surface area contributed by atoms with E-state index >= 15 is 0 Å². The Bertz CT molecular complexity index is 835. The van der Waals surface area contributed by atoms with Crippen LogP contribution in [0.15, 0.2) is 12.1 Å². The number of rotatable bonds is 22. The third-order valence-corrected chi connectivity index (χ3v) is 7.79. The molecule has 2 N–H and O–H groups in total. The summed E-state index contributed by atoms with van der Waals surface area (Å²) in [6.07, 6.45) is 19.6. The Morgan fingerprint density at radius 2 is 1.08 bits per heavy atom. The summed E-state index contributed by atoms with van der Waals surface area (Å²) in [5.74, 6) is 0.981. The summed E-state index contributed by atoms with van der Waals surface area (Å²) in [6.45, 7) is 2.26. The van der Waals surface area contributed by atoms with E-state index in [2.05, 4.69) is 17.0 Å². The summed E-state index contributed by atoms with van der Waals surface area (Å²) >= 11 is 0. The van der Waals surface area contributed by atoms with E-state index in [1.54, 1.807) is 12.1 Å². The zero-order chi connectivity index (χ0) is 27.4. The summed E-state index contributed by atoms with van der Waals surface area (Å²) in [7, 11) is 0.630. The number of nitrogens with one attached hydrogen (secondary N) is 2. The summed E-state index contributed by atoms with van der Waals surface area (Å²) in [6, 6.07) is 2.28. The third-order valence-electron chi connectivity index (χ3n) is 6.47. The van der Waals surface area contributed by atoms with Crippen molar-refractivity contribution in [1.82, 2.24) is 4.72 Å². The predicted molar refractivity (Wildman–Crippen MR) is 152 cm³/mol. The third kappa shape index (κ3) is 15.0. The quantitative estimate of drug-likeness (QED) is 0.148. The Kier molecular flexibility index (Phi) is 17.7. The maximum Gasteiger partial charge on any atom is 0.333 e. The number of urea groups is 1. The number of anilines is 1. The minimum atomic E-state index is -3.74. The molecule has 8 nitrogen and oxygen atoms in total. The second-order valence-corrected chi connectivity index (χ2v) is 11.4. The normalized spacial score (nSPS) is 11.2. The first-order valence-electron chi connectivity index (χ1n) is 14.0. The van der Waals surface area contributed by atoms with Crippen molar-refractivity contribution >= 4 is 21.7 Å². The number of sulfonamides is 1. The fraction of sp³-hybridized carbons (Fsp3) is 0.750. The van der Waals surface area contributed by atoms with Gasteiger partial charge in [0.2, 0.25) is 10.0 Å². The maximum atomic E-state index is 12.3. The van der Waals surface area contributed by atoms with E-state index in [1.165, 1.54) is 98.4 Å². The fourth-order valence-corrected chi connectivity index (χ4v) is 5.32. The lowest BCUT2D eigenvalue weighted by Crippen LogP contribution is -2.36. The molecule has 0 radical (unpaired) electrons. The highest BCUT2D eigenvalue weighted by molar-refractivity contribution is 7.90. The van der Waals surface area contributed by atoms with Gasteiger partial charge in [-0.2, -0.15) is 0 Å². The molecule has 0 unspecified atom stereocenters. The largest absolute Gasteiger partial charge is 0.496 e. The van der Waals surface area contributed by atoms with Crippen LogP contribution in [0.25, 0.3) is 0 Å². The van der Waals surface area contributed by atoms with Gasteiger partial charge in [-0.3, -0.25) is 0 Å². The minimum absolute atomic E-state index is 0.0876. The van der Waals surface area contributed by atoms with Crippen LogP contribution in [0.5, 0.6) is 17.2 Å². The van der Waals surface area contributed by atoms with Crippen LogP contribution < -0.4 is 24.2 Å². The maximum absolute atomic E-state index is 12.3. The first-order valence-corrected chi connectivity index (χ1v) is 15.6. The van der Waals surface area contributed by atoms with E-state index in [0.717, 1.165) is 19.3 Å². The van der Waals surface area contributed by atoms with Gasteiger partial charge < -0.3 is 19.5 Å². The van der Waals surface area contributed by atoms with Crippen LogP contribution >= 0.6 is 0 Å². The molecular weight excluding hydrogens is 492 g/mol. The van der Waals surface area contributed by atoms with Crippen LogP contribution in [0, 0.1) is 0 Å². The SMILES string of the molecule is CCCCCCCCCCCCCCCCCCS(=O)(=O)NC(=O)Nc1c(OC)cc(OC)cc1OC. The molecule has 0 heterocycles. The van der Waals surface area contributed by atoms with Crippen LogP contribution in [0.4, 0.5) is 10.5 Å². The summed E-state index contributed by atoms with van der Waals surface area (Å²) in [5.41, 5.74) is 0.223. The molecule has 0 saturated carbocycles. The molecule has 0 aliphatic rings. The van der Waals surface area contributed by atoms with Crippen LogP contribution in [0.2, 0.25) is 0 Å². The van der Waals surface area contributed by atoms with Crippen LogP contribution in [0.1, 0.15) is 110 Å². The first kappa shape index (κ1) is 32.9. The molecule has 214 valence electrons. The van der Waals surface area contributed by atoms with E-state index in [-0.39, 0.29) is 11.4 Å². The molecule has 0 fully saturated rings. The van der Waals surface area contributed by atoms with Gasteiger partial charge in [0.25, 0.3) is 0 Å². The molecule has 9 heteroatoms. The highest BCUT2D eigenvalue weighted by Crippen LogP contribution is 2.38. The number of benzene rings is 1. The van der Waals surface area contributed by atoms with E-state index in [4.69, 9.17) is 14.2 Å². The van der Waals surface area contributed by atoms with E-state index < -0.39 is 16.1 Å². The zero-order valence-electron chi connectivity index (χ0n) is 23.5. The smallest absolute Gasteiger partial charge is 0.333 e. The number of unbranched alkanes of at least 4 members (excludes halogenated alkanes) is 15. The number of carbonyl (C=O) groups excluding carboxylic acids is 1. The topological polar surface area (TPSA) is 103 Å². The van der Waals surface area contributed by atoms with Crippen molar-refractivity contribution < 1.29 is 27.4 Å².